The van der Waals surface area contributed by atoms with Crippen LogP contribution in [-0.2, 0) is 4.79 Å². The molecule has 0 radical (unpaired) electrons. The van der Waals surface area contributed by atoms with Gasteiger partial charge in [-0.2, -0.15) is 0 Å². The maximum absolute atomic E-state index is 14.4. The van der Waals surface area contributed by atoms with Crippen molar-refractivity contribution in [3.63, 3.8) is 0 Å². The van der Waals surface area contributed by atoms with Crippen LogP contribution in [0, 0.1) is 45.2 Å². The summed E-state index contributed by atoms with van der Waals surface area (Å²) >= 11 is 0. The highest BCUT2D eigenvalue weighted by Crippen LogP contribution is 2.72. The Morgan fingerprint density at radius 1 is 1.03 bits per heavy atom. The number of halogens is 1. The minimum absolute atomic E-state index is 0.0263. The van der Waals surface area contributed by atoms with E-state index in [1.807, 2.05) is 6.92 Å². The van der Waals surface area contributed by atoms with Crippen molar-refractivity contribution < 1.29 is 14.3 Å². The fraction of sp³-hybridized carbons (Fsp3) is 0.743. The quantitative estimate of drug-likeness (QED) is 0.369. The monoisotopic (exact) mass is 537 g/mol. The molecule has 0 bridgehead atoms. The van der Waals surface area contributed by atoms with Gasteiger partial charge in [0.1, 0.15) is 5.82 Å². The van der Waals surface area contributed by atoms with Crippen molar-refractivity contribution in [1.29, 1.82) is 0 Å². The molecule has 0 saturated heterocycles. The minimum Gasteiger partial charge on any atom is -0.393 e. The Morgan fingerprint density at radius 3 is 2.44 bits per heavy atom. The summed E-state index contributed by atoms with van der Waals surface area (Å²) in [6.45, 7) is 17.0. The molecule has 0 aromatic heterocycles. The SMILES string of the molecule is CCN(C(=O)CC[C@@H](C)[C@H]1CC[C@@]2(C)C3=C(CC[C@]12C)[C@@]1(C)CC[C@H](O)C(C)(C)[C@@H]1CC3)c1ccccc1F. The first-order valence-corrected chi connectivity index (χ1v) is 15.8. The summed E-state index contributed by atoms with van der Waals surface area (Å²) in [4.78, 5) is 14.9. The van der Waals surface area contributed by atoms with Gasteiger partial charge in [0.25, 0.3) is 0 Å². The molecule has 0 aliphatic heterocycles. The highest BCUT2D eigenvalue weighted by atomic mass is 19.1. The van der Waals surface area contributed by atoms with E-state index < -0.39 is 0 Å². The number of fused-ring (bicyclic) bond motifs is 4. The number of rotatable bonds is 6. The van der Waals surface area contributed by atoms with Gasteiger partial charge < -0.3 is 10.0 Å². The largest absolute Gasteiger partial charge is 0.393 e. The van der Waals surface area contributed by atoms with Gasteiger partial charge in [-0.15, -0.1) is 0 Å². The summed E-state index contributed by atoms with van der Waals surface area (Å²) in [6.07, 6.45) is 10.5. The van der Waals surface area contributed by atoms with Crippen molar-refractivity contribution >= 4 is 11.6 Å². The Morgan fingerprint density at radius 2 is 1.74 bits per heavy atom. The van der Waals surface area contributed by atoms with Gasteiger partial charge in [0.2, 0.25) is 5.91 Å². The van der Waals surface area contributed by atoms with E-state index in [0.717, 1.165) is 19.3 Å². The Bertz CT molecular complexity index is 1140. The molecule has 39 heavy (non-hydrogen) atoms. The molecule has 5 rings (SSSR count). The topological polar surface area (TPSA) is 40.5 Å². The Hall–Kier alpha value is -1.68. The van der Waals surface area contributed by atoms with Crippen molar-refractivity contribution in [3.8, 4) is 0 Å². The molecule has 1 N–H and O–H groups in total. The lowest BCUT2D eigenvalue weighted by Crippen LogP contribution is -2.55. The van der Waals surface area contributed by atoms with Crippen molar-refractivity contribution in [2.45, 2.75) is 119 Å². The second kappa shape index (κ2) is 10.00. The molecule has 0 unspecified atom stereocenters. The van der Waals surface area contributed by atoms with Crippen LogP contribution in [0.1, 0.15) is 113 Å². The maximum atomic E-state index is 14.4. The number of amides is 1. The van der Waals surface area contributed by atoms with E-state index in [2.05, 4.69) is 41.5 Å². The predicted molar refractivity (Wildman–Crippen MR) is 158 cm³/mol. The molecule has 2 saturated carbocycles. The number of anilines is 1. The summed E-state index contributed by atoms with van der Waals surface area (Å²) in [6, 6.07) is 6.62. The number of allylic oxidation sites excluding steroid dienone is 2. The smallest absolute Gasteiger partial charge is 0.227 e. The minimum atomic E-state index is -0.328. The van der Waals surface area contributed by atoms with Crippen molar-refractivity contribution in [3.05, 3.63) is 41.2 Å². The molecule has 2 fully saturated rings. The van der Waals surface area contributed by atoms with E-state index in [9.17, 15) is 14.3 Å². The lowest BCUT2D eigenvalue weighted by atomic mass is 9.43. The van der Waals surface area contributed by atoms with E-state index in [0.29, 0.717) is 36.4 Å². The lowest BCUT2D eigenvalue weighted by molar-refractivity contribution is -0.119. The van der Waals surface area contributed by atoms with E-state index in [1.54, 1.807) is 34.2 Å². The zero-order valence-corrected chi connectivity index (χ0v) is 25.6. The fourth-order valence-corrected chi connectivity index (χ4v) is 10.5. The second-order valence-corrected chi connectivity index (χ2v) is 14.8. The standard InChI is InChI=1S/C35H52FNO2/c1-8-37(28-12-10-9-11-27(28)36)31(39)16-13-23(2)24-17-21-35(7)26-14-15-29-32(3,4)30(38)19-20-33(29,5)25(26)18-22-34(24,35)6/h9-12,23-24,29-30,38H,8,13-22H2,1-7H3/t23-,24-,29+,30+,33-,34-,35+/m1/s1. The Balaban J connectivity index is 1.34. The number of benzene rings is 1. The van der Waals surface area contributed by atoms with Crippen LogP contribution >= 0.6 is 0 Å². The summed E-state index contributed by atoms with van der Waals surface area (Å²) in [5.74, 6) is 1.31. The average Bonchev–Trinajstić information content (AvgIpc) is 3.18. The van der Waals surface area contributed by atoms with Crippen molar-refractivity contribution in [2.24, 2.45) is 39.4 Å². The molecular weight excluding hydrogens is 485 g/mol. The molecule has 4 aliphatic carbocycles. The summed E-state index contributed by atoms with van der Waals surface area (Å²) < 4.78 is 14.4. The van der Waals surface area contributed by atoms with Gasteiger partial charge in [-0.25, -0.2) is 4.39 Å². The molecule has 1 aromatic rings. The molecule has 7 atom stereocenters. The third kappa shape index (κ3) is 4.25. The molecule has 4 heteroatoms. The number of aliphatic hydroxyl groups excluding tert-OH is 1. The average molecular weight is 538 g/mol. The van der Waals surface area contributed by atoms with Gasteiger partial charge in [0.15, 0.2) is 0 Å². The first-order chi connectivity index (χ1) is 18.3. The molecule has 0 heterocycles. The first-order valence-electron chi connectivity index (χ1n) is 15.8. The van der Waals surface area contributed by atoms with Crippen LogP contribution in [0.5, 0.6) is 0 Å². The normalized spacial score (nSPS) is 38.0. The van der Waals surface area contributed by atoms with Gasteiger partial charge >= 0.3 is 0 Å². The number of para-hydroxylation sites is 1. The van der Waals surface area contributed by atoms with E-state index in [4.69, 9.17) is 0 Å². The molecule has 1 amide bonds. The summed E-state index contributed by atoms with van der Waals surface area (Å²) in [7, 11) is 0. The number of hydrogen-bond donors (Lipinski definition) is 1. The Kier molecular flexibility index (Phi) is 7.39. The zero-order valence-electron chi connectivity index (χ0n) is 25.6. The molecule has 4 aliphatic rings. The lowest BCUT2D eigenvalue weighted by Gasteiger charge is -2.62. The van der Waals surface area contributed by atoms with Crippen molar-refractivity contribution in [2.75, 3.05) is 11.4 Å². The van der Waals surface area contributed by atoms with E-state index in [1.165, 1.54) is 44.6 Å². The van der Waals surface area contributed by atoms with E-state index >= 15 is 0 Å². The number of hydrogen-bond acceptors (Lipinski definition) is 2. The third-order valence-electron chi connectivity index (χ3n) is 13.1. The number of nitrogens with zero attached hydrogens (tertiary/aromatic N) is 1. The van der Waals surface area contributed by atoms with Gasteiger partial charge in [0.05, 0.1) is 11.8 Å². The van der Waals surface area contributed by atoms with Gasteiger partial charge in [-0.05, 0) is 116 Å². The van der Waals surface area contributed by atoms with Crippen LogP contribution in [0.15, 0.2) is 35.4 Å². The van der Waals surface area contributed by atoms with Crippen LogP contribution < -0.4 is 4.90 Å². The second-order valence-electron chi connectivity index (χ2n) is 14.8. The Labute approximate surface area is 236 Å². The van der Waals surface area contributed by atoms with Gasteiger partial charge in [-0.3, -0.25) is 4.79 Å². The van der Waals surface area contributed by atoms with Gasteiger partial charge in [-0.1, -0.05) is 64.8 Å². The first kappa shape index (κ1) is 28.8. The number of aliphatic hydroxyl groups is 1. The highest BCUT2D eigenvalue weighted by molar-refractivity contribution is 5.93. The molecule has 3 nitrogen and oxygen atoms in total. The van der Waals surface area contributed by atoms with E-state index in [-0.39, 0.29) is 39.5 Å². The molecule has 1 aromatic carbocycles. The van der Waals surface area contributed by atoms with Crippen LogP contribution in [0.3, 0.4) is 0 Å². The van der Waals surface area contributed by atoms with Crippen molar-refractivity contribution in [1.82, 2.24) is 0 Å². The molecule has 216 valence electrons. The van der Waals surface area contributed by atoms with Crippen LogP contribution in [0.4, 0.5) is 10.1 Å². The highest BCUT2D eigenvalue weighted by Gasteiger charge is 2.63. The van der Waals surface area contributed by atoms with Gasteiger partial charge in [0, 0.05) is 13.0 Å². The third-order valence-corrected chi connectivity index (χ3v) is 13.1. The number of carbonyl (C=O) groups excluding carboxylic acids is 1. The maximum Gasteiger partial charge on any atom is 0.227 e. The zero-order chi connectivity index (χ0) is 28.4. The number of carbonyl (C=O) groups is 1. The predicted octanol–water partition coefficient (Wildman–Crippen LogP) is 8.71. The summed E-state index contributed by atoms with van der Waals surface area (Å²) in [5.41, 5.74) is 4.58. The van der Waals surface area contributed by atoms with Crippen LogP contribution in [-0.4, -0.2) is 23.7 Å². The summed E-state index contributed by atoms with van der Waals surface area (Å²) in [5, 5.41) is 10.9. The molecular formula is C35H52FNO2. The van der Waals surface area contributed by atoms with Crippen LogP contribution in [0.25, 0.3) is 0 Å². The van der Waals surface area contributed by atoms with Crippen LogP contribution in [0.2, 0.25) is 0 Å². The molecule has 0 spiro atoms. The fourth-order valence-electron chi connectivity index (χ4n) is 10.5.